The summed E-state index contributed by atoms with van der Waals surface area (Å²) >= 11 is 0. The maximum atomic E-state index is 12.1. The molecule has 1 aromatic rings. The van der Waals surface area contributed by atoms with E-state index in [-0.39, 0.29) is 17.9 Å². The van der Waals surface area contributed by atoms with Crippen LogP contribution in [0, 0.1) is 5.92 Å². The fraction of sp³-hybridized carbons (Fsp3) is 0.533. The molecule has 0 heterocycles. The molecule has 2 rings (SSSR count). The van der Waals surface area contributed by atoms with E-state index < -0.39 is 0 Å². The lowest BCUT2D eigenvalue weighted by Gasteiger charge is -2.22. The maximum absolute atomic E-state index is 12.1. The van der Waals surface area contributed by atoms with Crippen LogP contribution in [0.15, 0.2) is 30.3 Å². The summed E-state index contributed by atoms with van der Waals surface area (Å²) in [7, 11) is 0. The number of amides is 1. The van der Waals surface area contributed by atoms with Crippen molar-refractivity contribution in [2.45, 2.75) is 44.7 Å². The number of benzene rings is 1. The second-order valence-corrected chi connectivity index (χ2v) is 5.22. The zero-order valence-electron chi connectivity index (χ0n) is 10.9. The molecule has 18 heavy (non-hydrogen) atoms. The first-order valence-electron chi connectivity index (χ1n) is 6.79. The lowest BCUT2D eigenvalue weighted by molar-refractivity contribution is -0.125. The van der Waals surface area contributed by atoms with Crippen LogP contribution in [0.25, 0.3) is 0 Å². The first kappa shape index (κ1) is 13.1. The number of hydrogen-bond donors (Lipinski definition) is 2. The average molecular weight is 246 g/mol. The Morgan fingerprint density at radius 2 is 1.89 bits per heavy atom. The Morgan fingerprint density at radius 1 is 1.28 bits per heavy atom. The lowest BCUT2D eigenvalue weighted by Crippen LogP contribution is -2.40. The number of nitrogens with two attached hydrogens (primary N) is 1. The molecule has 1 amide bonds. The molecule has 1 aromatic carbocycles. The van der Waals surface area contributed by atoms with Crippen LogP contribution in [0.4, 0.5) is 0 Å². The van der Waals surface area contributed by atoms with Crippen LogP contribution in [0.1, 0.15) is 44.2 Å². The Labute approximate surface area is 109 Å². The molecule has 0 bridgehead atoms. The first-order chi connectivity index (χ1) is 8.68. The van der Waals surface area contributed by atoms with Crippen molar-refractivity contribution in [1.82, 2.24) is 5.32 Å². The highest BCUT2D eigenvalue weighted by Gasteiger charge is 2.25. The fourth-order valence-electron chi connectivity index (χ4n) is 2.53. The van der Waals surface area contributed by atoms with Crippen LogP contribution in [-0.2, 0) is 4.79 Å². The van der Waals surface area contributed by atoms with Gasteiger partial charge in [-0.05, 0) is 18.4 Å². The van der Waals surface area contributed by atoms with Crippen LogP contribution in [-0.4, -0.2) is 11.9 Å². The topological polar surface area (TPSA) is 55.1 Å². The zero-order chi connectivity index (χ0) is 13.0. The Hall–Kier alpha value is -1.35. The third-order valence-electron chi connectivity index (χ3n) is 3.84. The molecule has 0 spiro atoms. The fourth-order valence-corrected chi connectivity index (χ4v) is 2.53. The Kier molecular flexibility index (Phi) is 4.37. The van der Waals surface area contributed by atoms with Gasteiger partial charge in [0.25, 0.3) is 0 Å². The third kappa shape index (κ3) is 3.10. The maximum Gasteiger partial charge on any atom is 0.224 e. The van der Waals surface area contributed by atoms with E-state index in [1.54, 1.807) is 0 Å². The molecule has 1 aliphatic rings. The van der Waals surface area contributed by atoms with Crippen molar-refractivity contribution in [1.29, 1.82) is 0 Å². The molecule has 3 nitrogen and oxygen atoms in total. The second kappa shape index (κ2) is 6.01. The normalized spacial score (nSPS) is 19.4. The van der Waals surface area contributed by atoms with E-state index in [0.29, 0.717) is 6.04 Å². The molecule has 0 aliphatic heterocycles. The van der Waals surface area contributed by atoms with Crippen LogP contribution < -0.4 is 11.1 Å². The molecule has 3 N–H and O–H groups in total. The standard InChI is InChI=1S/C15H22N2O/c1-11(14(16)12-7-3-2-4-8-12)15(18)17-13-9-5-6-10-13/h2-4,7-8,11,13-14H,5-6,9-10,16H2,1H3,(H,17,18). The number of hydrogen-bond acceptors (Lipinski definition) is 2. The summed E-state index contributed by atoms with van der Waals surface area (Å²) < 4.78 is 0. The van der Waals surface area contributed by atoms with Gasteiger partial charge in [0.15, 0.2) is 0 Å². The quantitative estimate of drug-likeness (QED) is 0.857. The van der Waals surface area contributed by atoms with Crippen molar-refractivity contribution in [3.63, 3.8) is 0 Å². The summed E-state index contributed by atoms with van der Waals surface area (Å²) in [4.78, 5) is 12.1. The van der Waals surface area contributed by atoms with Gasteiger partial charge in [-0.25, -0.2) is 0 Å². The van der Waals surface area contributed by atoms with Crippen molar-refractivity contribution in [3.8, 4) is 0 Å². The number of carbonyl (C=O) groups excluding carboxylic acids is 1. The van der Waals surface area contributed by atoms with Crippen LogP contribution in [0.3, 0.4) is 0 Å². The van der Waals surface area contributed by atoms with Crippen molar-refractivity contribution >= 4 is 5.91 Å². The summed E-state index contributed by atoms with van der Waals surface area (Å²) in [5.74, 6) is -0.105. The monoisotopic (exact) mass is 246 g/mol. The van der Waals surface area contributed by atoms with E-state index in [9.17, 15) is 4.79 Å². The molecule has 2 atom stereocenters. The van der Waals surface area contributed by atoms with E-state index in [1.807, 2.05) is 37.3 Å². The third-order valence-corrected chi connectivity index (χ3v) is 3.84. The van der Waals surface area contributed by atoms with Gasteiger partial charge >= 0.3 is 0 Å². The van der Waals surface area contributed by atoms with Gasteiger partial charge in [-0.1, -0.05) is 50.1 Å². The average Bonchev–Trinajstić information content (AvgIpc) is 2.91. The zero-order valence-corrected chi connectivity index (χ0v) is 10.9. The summed E-state index contributed by atoms with van der Waals surface area (Å²) in [5.41, 5.74) is 7.17. The summed E-state index contributed by atoms with van der Waals surface area (Å²) in [6.45, 7) is 1.90. The molecule has 1 aliphatic carbocycles. The minimum absolute atomic E-state index is 0.0817. The van der Waals surface area contributed by atoms with Crippen LogP contribution in [0.2, 0.25) is 0 Å². The second-order valence-electron chi connectivity index (χ2n) is 5.22. The highest BCUT2D eigenvalue weighted by Crippen LogP contribution is 2.22. The molecule has 0 saturated heterocycles. The molecular weight excluding hydrogens is 224 g/mol. The Morgan fingerprint density at radius 3 is 2.50 bits per heavy atom. The van der Waals surface area contributed by atoms with Gasteiger partial charge in [0, 0.05) is 12.1 Å². The molecule has 1 saturated carbocycles. The molecule has 98 valence electrons. The summed E-state index contributed by atoms with van der Waals surface area (Å²) in [6.07, 6.45) is 4.67. The van der Waals surface area contributed by atoms with E-state index in [4.69, 9.17) is 5.73 Å². The van der Waals surface area contributed by atoms with Crippen molar-refractivity contribution in [3.05, 3.63) is 35.9 Å². The van der Waals surface area contributed by atoms with E-state index >= 15 is 0 Å². The highest BCUT2D eigenvalue weighted by molar-refractivity contribution is 5.79. The van der Waals surface area contributed by atoms with Gasteiger partial charge in [-0.3, -0.25) is 4.79 Å². The minimum atomic E-state index is -0.229. The van der Waals surface area contributed by atoms with Gasteiger partial charge in [0.05, 0.1) is 5.92 Å². The predicted molar refractivity (Wildman–Crippen MR) is 72.9 cm³/mol. The molecular formula is C15H22N2O. The number of carbonyl (C=O) groups is 1. The molecule has 2 unspecified atom stereocenters. The molecule has 1 fully saturated rings. The van der Waals surface area contributed by atoms with Gasteiger partial charge in [0.2, 0.25) is 5.91 Å². The predicted octanol–water partition coefficient (Wildman–Crippen LogP) is 2.38. The largest absolute Gasteiger partial charge is 0.353 e. The van der Waals surface area contributed by atoms with E-state index in [1.165, 1.54) is 12.8 Å². The summed E-state index contributed by atoms with van der Waals surface area (Å²) in [6, 6.07) is 9.96. The Bertz CT molecular complexity index is 385. The highest BCUT2D eigenvalue weighted by atomic mass is 16.1. The van der Waals surface area contributed by atoms with Crippen molar-refractivity contribution < 1.29 is 4.79 Å². The minimum Gasteiger partial charge on any atom is -0.353 e. The van der Waals surface area contributed by atoms with E-state index in [2.05, 4.69) is 5.32 Å². The summed E-state index contributed by atoms with van der Waals surface area (Å²) in [5, 5.41) is 3.11. The molecule has 3 heteroatoms. The first-order valence-corrected chi connectivity index (χ1v) is 6.79. The lowest BCUT2D eigenvalue weighted by atomic mass is 9.94. The van der Waals surface area contributed by atoms with Crippen LogP contribution in [0.5, 0.6) is 0 Å². The van der Waals surface area contributed by atoms with Gasteiger partial charge in [-0.15, -0.1) is 0 Å². The van der Waals surface area contributed by atoms with Crippen molar-refractivity contribution in [2.24, 2.45) is 11.7 Å². The molecule has 0 radical (unpaired) electrons. The van der Waals surface area contributed by atoms with Gasteiger partial charge in [0.1, 0.15) is 0 Å². The number of rotatable bonds is 4. The number of nitrogens with one attached hydrogen (secondary N) is 1. The smallest absolute Gasteiger partial charge is 0.224 e. The van der Waals surface area contributed by atoms with Crippen LogP contribution >= 0.6 is 0 Å². The van der Waals surface area contributed by atoms with E-state index in [0.717, 1.165) is 18.4 Å². The van der Waals surface area contributed by atoms with Gasteiger partial charge in [-0.2, -0.15) is 0 Å². The SMILES string of the molecule is CC(C(=O)NC1CCCC1)C(N)c1ccccc1. The molecule has 0 aromatic heterocycles. The van der Waals surface area contributed by atoms with Crippen molar-refractivity contribution in [2.75, 3.05) is 0 Å². The Balaban J connectivity index is 1.93. The van der Waals surface area contributed by atoms with Gasteiger partial charge < -0.3 is 11.1 Å².